The number of carbonyl (C=O) groups is 1. The molecule has 3 rings (SSSR count). The zero-order valence-electron chi connectivity index (χ0n) is 12.5. The molecule has 120 valence electrons. The molecule has 1 heterocycles. The summed E-state index contributed by atoms with van der Waals surface area (Å²) in [4.78, 5) is 11.2. The molecule has 0 aromatic heterocycles. The van der Waals surface area contributed by atoms with Crippen molar-refractivity contribution in [2.75, 3.05) is 13.2 Å². The third kappa shape index (κ3) is 3.04. The fourth-order valence-electron chi connectivity index (χ4n) is 2.71. The van der Waals surface area contributed by atoms with E-state index < -0.39 is 18.0 Å². The maximum Gasteiger partial charge on any atom is 0.188 e. The van der Waals surface area contributed by atoms with Crippen LogP contribution in [0.3, 0.4) is 0 Å². The second-order valence-corrected chi connectivity index (χ2v) is 5.47. The molecule has 2 aromatic carbocycles. The Kier molecular flexibility index (Phi) is 4.54. The number of hydrogen-bond acceptors (Lipinski definition) is 5. The Balaban J connectivity index is 2.00. The van der Waals surface area contributed by atoms with E-state index >= 15 is 0 Å². The van der Waals surface area contributed by atoms with Gasteiger partial charge in [-0.25, -0.2) is 0 Å². The first-order chi connectivity index (χ1) is 11.1. The van der Waals surface area contributed by atoms with Gasteiger partial charge in [-0.1, -0.05) is 60.7 Å². The van der Waals surface area contributed by atoms with Crippen LogP contribution in [-0.4, -0.2) is 41.6 Å². The van der Waals surface area contributed by atoms with Gasteiger partial charge in [-0.15, -0.1) is 0 Å². The fourth-order valence-corrected chi connectivity index (χ4v) is 2.71. The van der Waals surface area contributed by atoms with Gasteiger partial charge >= 0.3 is 0 Å². The lowest BCUT2D eigenvalue weighted by atomic mass is 9.81. The molecule has 1 fully saturated rings. The molecule has 0 unspecified atom stereocenters. The van der Waals surface area contributed by atoms with Gasteiger partial charge in [0.1, 0.15) is 24.9 Å². The Morgan fingerprint density at radius 2 is 1.35 bits per heavy atom. The predicted octanol–water partition coefficient (Wildman–Crippen LogP) is 1.23. The molecule has 0 aliphatic carbocycles. The van der Waals surface area contributed by atoms with E-state index in [1.807, 2.05) is 12.1 Å². The van der Waals surface area contributed by atoms with Crippen molar-refractivity contribution >= 4 is 5.78 Å². The van der Waals surface area contributed by atoms with Gasteiger partial charge in [0, 0.05) is 0 Å². The standard InChI is InChI=1S/C18H18O5/c19-15-11-22-17(23-12-15)16(20)18(21,13-7-3-1-4-8-13)14-9-5-2-6-10-14/h1-10,16-17,20-21H,11-12H2/t16-/m1/s1. The van der Waals surface area contributed by atoms with Gasteiger partial charge in [0.2, 0.25) is 0 Å². The summed E-state index contributed by atoms with van der Waals surface area (Å²) >= 11 is 0. The quantitative estimate of drug-likeness (QED) is 0.887. The molecule has 0 radical (unpaired) electrons. The summed E-state index contributed by atoms with van der Waals surface area (Å²) in [6.07, 6.45) is -2.47. The molecule has 1 aliphatic rings. The molecule has 2 N–H and O–H groups in total. The Labute approximate surface area is 134 Å². The minimum atomic E-state index is -1.71. The smallest absolute Gasteiger partial charge is 0.188 e. The van der Waals surface area contributed by atoms with Gasteiger partial charge in [-0.2, -0.15) is 0 Å². The minimum absolute atomic E-state index is 0.138. The molecule has 0 saturated carbocycles. The van der Waals surface area contributed by atoms with E-state index in [1.165, 1.54) is 0 Å². The van der Waals surface area contributed by atoms with Gasteiger partial charge in [0.15, 0.2) is 12.1 Å². The van der Waals surface area contributed by atoms with Crippen molar-refractivity contribution in [2.24, 2.45) is 0 Å². The highest BCUT2D eigenvalue weighted by molar-refractivity contribution is 5.81. The Bertz CT molecular complexity index is 606. The minimum Gasteiger partial charge on any atom is -0.384 e. The zero-order chi connectivity index (χ0) is 16.3. The lowest BCUT2D eigenvalue weighted by Gasteiger charge is -2.38. The number of ether oxygens (including phenoxy) is 2. The second-order valence-electron chi connectivity index (χ2n) is 5.47. The molecule has 5 nitrogen and oxygen atoms in total. The summed E-state index contributed by atoms with van der Waals surface area (Å²) in [7, 11) is 0. The van der Waals surface area contributed by atoms with E-state index in [9.17, 15) is 15.0 Å². The van der Waals surface area contributed by atoms with E-state index in [0.717, 1.165) is 0 Å². The lowest BCUT2D eigenvalue weighted by molar-refractivity contribution is -0.246. The van der Waals surface area contributed by atoms with Crippen LogP contribution in [0.2, 0.25) is 0 Å². The molecule has 5 heteroatoms. The van der Waals surface area contributed by atoms with Gasteiger partial charge in [0.05, 0.1) is 0 Å². The van der Waals surface area contributed by atoms with Crippen LogP contribution in [0.25, 0.3) is 0 Å². The first-order valence-corrected chi connectivity index (χ1v) is 7.39. The Hall–Kier alpha value is -2.05. The molecule has 0 spiro atoms. The Morgan fingerprint density at radius 3 is 1.78 bits per heavy atom. The fraction of sp³-hybridized carbons (Fsp3) is 0.278. The monoisotopic (exact) mass is 314 g/mol. The molecule has 23 heavy (non-hydrogen) atoms. The summed E-state index contributed by atoms with van der Waals surface area (Å²) in [5.74, 6) is -0.198. The van der Waals surface area contributed by atoms with Crippen LogP contribution in [0.4, 0.5) is 0 Å². The van der Waals surface area contributed by atoms with E-state index in [0.29, 0.717) is 11.1 Å². The molecule has 1 atom stereocenters. The van der Waals surface area contributed by atoms with Crippen LogP contribution in [0, 0.1) is 0 Å². The van der Waals surface area contributed by atoms with Crippen LogP contribution >= 0.6 is 0 Å². The van der Waals surface area contributed by atoms with Crippen molar-refractivity contribution < 1.29 is 24.5 Å². The lowest BCUT2D eigenvalue weighted by Crippen LogP contribution is -2.52. The van der Waals surface area contributed by atoms with Crippen LogP contribution in [0.1, 0.15) is 11.1 Å². The number of hydrogen-bond donors (Lipinski definition) is 2. The van der Waals surface area contributed by atoms with Gasteiger partial charge in [0.25, 0.3) is 0 Å². The summed E-state index contributed by atoms with van der Waals surface area (Å²) < 4.78 is 10.5. The van der Waals surface area contributed by atoms with E-state index in [4.69, 9.17) is 9.47 Å². The van der Waals surface area contributed by atoms with Crippen molar-refractivity contribution in [1.29, 1.82) is 0 Å². The third-order valence-corrected chi connectivity index (χ3v) is 3.93. The molecular weight excluding hydrogens is 296 g/mol. The number of carbonyl (C=O) groups excluding carboxylic acids is 1. The maximum absolute atomic E-state index is 11.3. The van der Waals surface area contributed by atoms with Crippen LogP contribution in [-0.2, 0) is 19.9 Å². The van der Waals surface area contributed by atoms with Crippen molar-refractivity contribution in [2.45, 2.75) is 18.0 Å². The number of Topliss-reactive ketones (excluding diaryl/α,β-unsaturated/α-hetero) is 1. The van der Waals surface area contributed by atoms with Gasteiger partial charge in [-0.3, -0.25) is 4.79 Å². The first-order valence-electron chi connectivity index (χ1n) is 7.39. The van der Waals surface area contributed by atoms with E-state index in [1.54, 1.807) is 48.5 Å². The highest BCUT2D eigenvalue weighted by Crippen LogP contribution is 2.35. The average Bonchev–Trinajstić information content (AvgIpc) is 2.62. The summed E-state index contributed by atoms with van der Waals surface area (Å²) in [5.41, 5.74) is -0.682. The summed E-state index contributed by atoms with van der Waals surface area (Å²) in [5, 5.41) is 22.1. The topological polar surface area (TPSA) is 76.0 Å². The van der Waals surface area contributed by atoms with Crippen molar-refractivity contribution in [3.05, 3.63) is 71.8 Å². The average molecular weight is 314 g/mol. The second kappa shape index (κ2) is 6.60. The molecule has 1 saturated heterocycles. The number of rotatable bonds is 4. The third-order valence-electron chi connectivity index (χ3n) is 3.93. The van der Waals surface area contributed by atoms with E-state index in [2.05, 4.69) is 0 Å². The molecule has 0 amide bonds. The van der Waals surface area contributed by atoms with E-state index in [-0.39, 0.29) is 19.0 Å². The summed E-state index contributed by atoms with van der Waals surface area (Å²) in [6.45, 7) is -0.275. The van der Waals surface area contributed by atoms with Gasteiger partial charge < -0.3 is 19.7 Å². The molecular formula is C18H18O5. The first kappa shape index (κ1) is 15.8. The summed E-state index contributed by atoms with van der Waals surface area (Å²) in [6, 6.07) is 17.7. The largest absolute Gasteiger partial charge is 0.384 e. The van der Waals surface area contributed by atoms with Crippen molar-refractivity contribution in [3.8, 4) is 0 Å². The number of aliphatic hydroxyl groups excluding tert-OH is 1. The van der Waals surface area contributed by atoms with Crippen molar-refractivity contribution in [1.82, 2.24) is 0 Å². The highest BCUT2D eigenvalue weighted by atomic mass is 16.7. The highest BCUT2D eigenvalue weighted by Gasteiger charge is 2.45. The molecule has 1 aliphatic heterocycles. The molecule has 0 bridgehead atoms. The Morgan fingerprint density at radius 1 is 0.913 bits per heavy atom. The van der Waals surface area contributed by atoms with Crippen LogP contribution in [0.15, 0.2) is 60.7 Å². The molecule has 2 aromatic rings. The number of aliphatic hydroxyl groups is 2. The maximum atomic E-state index is 11.3. The van der Waals surface area contributed by atoms with Gasteiger partial charge in [-0.05, 0) is 11.1 Å². The normalized spacial score (nSPS) is 17.9. The predicted molar refractivity (Wildman–Crippen MR) is 82.6 cm³/mol. The van der Waals surface area contributed by atoms with Crippen LogP contribution in [0.5, 0.6) is 0 Å². The zero-order valence-corrected chi connectivity index (χ0v) is 12.5. The number of ketones is 1. The van der Waals surface area contributed by atoms with Crippen LogP contribution < -0.4 is 0 Å². The SMILES string of the molecule is O=C1COC([C@@H](O)C(O)(c2ccccc2)c2ccccc2)OC1. The van der Waals surface area contributed by atoms with Crippen molar-refractivity contribution in [3.63, 3.8) is 0 Å². The number of benzene rings is 2.